The first-order chi connectivity index (χ1) is 6.29. The molecular weight excluding hydrogens is 160 g/mol. The molecule has 1 nitrogen and oxygen atoms in total. The second-order valence-corrected chi connectivity index (χ2v) is 5.55. The van der Waals surface area contributed by atoms with Gasteiger partial charge in [-0.1, -0.05) is 12.8 Å². The normalized spacial score (nSPS) is 50.5. The first kappa shape index (κ1) is 8.28. The van der Waals surface area contributed by atoms with Gasteiger partial charge in [-0.25, -0.2) is 0 Å². The highest BCUT2D eigenvalue weighted by Gasteiger charge is 2.53. The van der Waals surface area contributed by atoms with E-state index in [1.807, 2.05) is 0 Å². The molecule has 0 amide bonds. The lowest BCUT2D eigenvalue weighted by Crippen LogP contribution is -2.41. The Morgan fingerprint density at radius 3 is 2.23 bits per heavy atom. The molecule has 0 aromatic carbocycles. The third-order valence-electron chi connectivity index (χ3n) is 4.93. The SMILES string of the molecule is OC1(C2CCCC2)CC2CCC1C2. The van der Waals surface area contributed by atoms with Gasteiger partial charge in [0.05, 0.1) is 5.60 Å². The number of hydrogen-bond donors (Lipinski definition) is 1. The molecule has 0 spiro atoms. The fourth-order valence-electron chi connectivity index (χ4n) is 4.27. The predicted molar refractivity (Wildman–Crippen MR) is 52.4 cm³/mol. The van der Waals surface area contributed by atoms with E-state index in [2.05, 4.69) is 0 Å². The highest BCUT2D eigenvalue weighted by molar-refractivity contribution is 5.05. The molecule has 3 fully saturated rings. The van der Waals surface area contributed by atoms with Gasteiger partial charge in [0.2, 0.25) is 0 Å². The Kier molecular flexibility index (Phi) is 1.74. The van der Waals surface area contributed by atoms with Crippen LogP contribution < -0.4 is 0 Å². The van der Waals surface area contributed by atoms with Gasteiger partial charge in [-0.05, 0) is 56.3 Å². The quantitative estimate of drug-likeness (QED) is 0.658. The van der Waals surface area contributed by atoms with Crippen LogP contribution in [0.3, 0.4) is 0 Å². The largest absolute Gasteiger partial charge is 0.389 e. The van der Waals surface area contributed by atoms with E-state index in [1.165, 1.54) is 44.9 Å². The molecule has 1 heteroatoms. The minimum Gasteiger partial charge on any atom is -0.389 e. The first-order valence-electron chi connectivity index (χ1n) is 6.01. The summed E-state index contributed by atoms with van der Waals surface area (Å²) in [6.07, 6.45) is 10.5. The number of rotatable bonds is 1. The number of hydrogen-bond acceptors (Lipinski definition) is 1. The maximum absolute atomic E-state index is 10.7. The average Bonchev–Trinajstić information content (AvgIpc) is 2.79. The number of aliphatic hydroxyl groups is 1. The molecule has 3 aliphatic rings. The molecule has 0 heterocycles. The molecule has 3 saturated carbocycles. The molecule has 0 radical (unpaired) electrons. The fraction of sp³-hybridized carbons (Fsp3) is 1.00. The molecular formula is C12H20O. The van der Waals surface area contributed by atoms with Crippen molar-refractivity contribution in [3.8, 4) is 0 Å². The molecule has 3 rings (SSSR count). The zero-order valence-corrected chi connectivity index (χ0v) is 8.34. The van der Waals surface area contributed by atoms with E-state index in [0.717, 1.165) is 12.3 Å². The van der Waals surface area contributed by atoms with Gasteiger partial charge in [0.1, 0.15) is 0 Å². The van der Waals surface area contributed by atoms with Crippen molar-refractivity contribution in [2.75, 3.05) is 0 Å². The lowest BCUT2D eigenvalue weighted by Gasteiger charge is -2.38. The van der Waals surface area contributed by atoms with E-state index in [9.17, 15) is 5.11 Å². The summed E-state index contributed by atoms with van der Waals surface area (Å²) in [6, 6.07) is 0. The van der Waals surface area contributed by atoms with Gasteiger partial charge >= 0.3 is 0 Å². The maximum atomic E-state index is 10.7. The minimum absolute atomic E-state index is 0.209. The highest BCUT2D eigenvalue weighted by atomic mass is 16.3. The van der Waals surface area contributed by atoms with Gasteiger partial charge in [0.25, 0.3) is 0 Å². The second-order valence-electron chi connectivity index (χ2n) is 5.55. The molecule has 3 unspecified atom stereocenters. The molecule has 0 aliphatic heterocycles. The summed E-state index contributed by atoms with van der Waals surface area (Å²) in [6.45, 7) is 0. The zero-order valence-electron chi connectivity index (χ0n) is 8.34. The van der Waals surface area contributed by atoms with Crippen LogP contribution in [0.5, 0.6) is 0 Å². The zero-order chi connectivity index (χ0) is 8.89. The van der Waals surface area contributed by atoms with Crippen LogP contribution >= 0.6 is 0 Å². The van der Waals surface area contributed by atoms with Gasteiger partial charge < -0.3 is 5.11 Å². The van der Waals surface area contributed by atoms with Crippen LogP contribution in [0.4, 0.5) is 0 Å². The molecule has 1 N–H and O–H groups in total. The van der Waals surface area contributed by atoms with Crippen molar-refractivity contribution in [2.45, 2.75) is 57.0 Å². The molecule has 74 valence electrons. The lowest BCUT2D eigenvalue weighted by molar-refractivity contribution is -0.0626. The summed E-state index contributed by atoms with van der Waals surface area (Å²) in [5.74, 6) is 2.24. The standard InChI is InChI=1S/C12H20O/c13-12(10-3-1-2-4-10)8-9-5-6-11(12)7-9/h9-11,13H,1-8H2. The van der Waals surface area contributed by atoms with Gasteiger partial charge in [-0.2, -0.15) is 0 Å². The molecule has 2 bridgehead atoms. The number of fused-ring (bicyclic) bond motifs is 2. The highest BCUT2D eigenvalue weighted by Crippen LogP contribution is 2.56. The Bertz CT molecular complexity index is 207. The molecule has 13 heavy (non-hydrogen) atoms. The van der Waals surface area contributed by atoms with Gasteiger partial charge in [-0.15, -0.1) is 0 Å². The van der Waals surface area contributed by atoms with Gasteiger partial charge in [-0.3, -0.25) is 0 Å². The Morgan fingerprint density at radius 2 is 1.69 bits per heavy atom. The van der Waals surface area contributed by atoms with Gasteiger partial charge in [0.15, 0.2) is 0 Å². The van der Waals surface area contributed by atoms with E-state index < -0.39 is 0 Å². The Hall–Kier alpha value is -0.0400. The fourth-order valence-corrected chi connectivity index (χ4v) is 4.27. The topological polar surface area (TPSA) is 20.2 Å². The lowest BCUT2D eigenvalue weighted by atomic mass is 9.74. The van der Waals surface area contributed by atoms with Crippen LogP contribution in [0.25, 0.3) is 0 Å². The van der Waals surface area contributed by atoms with Crippen molar-refractivity contribution in [2.24, 2.45) is 17.8 Å². The van der Waals surface area contributed by atoms with Crippen LogP contribution in [0, 0.1) is 17.8 Å². The van der Waals surface area contributed by atoms with Gasteiger partial charge in [0, 0.05) is 0 Å². The monoisotopic (exact) mass is 180 g/mol. The Balaban J connectivity index is 1.80. The predicted octanol–water partition coefficient (Wildman–Crippen LogP) is 2.73. The van der Waals surface area contributed by atoms with Crippen molar-refractivity contribution in [1.82, 2.24) is 0 Å². The third-order valence-corrected chi connectivity index (χ3v) is 4.93. The van der Waals surface area contributed by atoms with Crippen molar-refractivity contribution in [1.29, 1.82) is 0 Å². The van der Waals surface area contributed by atoms with E-state index in [-0.39, 0.29) is 5.60 Å². The van der Waals surface area contributed by atoms with Crippen molar-refractivity contribution < 1.29 is 5.11 Å². The summed E-state index contributed by atoms with van der Waals surface area (Å²) in [7, 11) is 0. The first-order valence-corrected chi connectivity index (χ1v) is 6.01. The molecule has 3 aliphatic carbocycles. The third kappa shape index (κ3) is 1.09. The summed E-state index contributed by atoms with van der Waals surface area (Å²) < 4.78 is 0. The molecule has 0 saturated heterocycles. The van der Waals surface area contributed by atoms with Crippen molar-refractivity contribution >= 4 is 0 Å². The second kappa shape index (κ2) is 2.73. The van der Waals surface area contributed by atoms with E-state index in [1.54, 1.807) is 0 Å². The van der Waals surface area contributed by atoms with Crippen LogP contribution in [0.1, 0.15) is 51.4 Å². The summed E-state index contributed by atoms with van der Waals surface area (Å²) in [5.41, 5.74) is -0.209. The average molecular weight is 180 g/mol. The smallest absolute Gasteiger partial charge is 0.0706 e. The van der Waals surface area contributed by atoms with Crippen LogP contribution in [-0.2, 0) is 0 Å². The molecule has 0 aromatic rings. The van der Waals surface area contributed by atoms with Crippen LogP contribution in [-0.4, -0.2) is 10.7 Å². The maximum Gasteiger partial charge on any atom is 0.0706 e. The van der Waals surface area contributed by atoms with Crippen molar-refractivity contribution in [3.05, 3.63) is 0 Å². The molecule has 0 aromatic heterocycles. The van der Waals surface area contributed by atoms with Crippen LogP contribution in [0.15, 0.2) is 0 Å². The van der Waals surface area contributed by atoms with Crippen molar-refractivity contribution in [3.63, 3.8) is 0 Å². The Morgan fingerprint density at radius 1 is 0.923 bits per heavy atom. The Labute approximate surface area is 80.5 Å². The minimum atomic E-state index is -0.209. The van der Waals surface area contributed by atoms with E-state index in [4.69, 9.17) is 0 Å². The summed E-state index contributed by atoms with van der Waals surface area (Å²) in [4.78, 5) is 0. The molecule has 3 atom stereocenters. The van der Waals surface area contributed by atoms with E-state index in [0.29, 0.717) is 11.8 Å². The summed E-state index contributed by atoms with van der Waals surface area (Å²) >= 11 is 0. The van der Waals surface area contributed by atoms with Crippen LogP contribution in [0.2, 0.25) is 0 Å². The van der Waals surface area contributed by atoms with E-state index >= 15 is 0 Å². The summed E-state index contributed by atoms with van der Waals surface area (Å²) in [5, 5.41) is 10.7.